The van der Waals surface area contributed by atoms with E-state index >= 15 is 0 Å². The van der Waals surface area contributed by atoms with E-state index in [4.69, 9.17) is 11.6 Å². The Morgan fingerprint density at radius 2 is 1.92 bits per heavy atom. The van der Waals surface area contributed by atoms with Gasteiger partial charge in [-0.1, -0.05) is 35.9 Å². The third-order valence-electron chi connectivity index (χ3n) is 4.48. The van der Waals surface area contributed by atoms with Crippen molar-refractivity contribution in [3.05, 3.63) is 74.3 Å². The number of nitrogens with zero attached hydrogens (tertiary/aromatic N) is 2. The van der Waals surface area contributed by atoms with E-state index in [0.29, 0.717) is 0 Å². The van der Waals surface area contributed by atoms with Crippen molar-refractivity contribution in [2.75, 3.05) is 0 Å². The first-order valence-electron chi connectivity index (χ1n) is 7.79. The van der Waals surface area contributed by atoms with Gasteiger partial charge in [0.1, 0.15) is 0 Å². The third-order valence-corrected chi connectivity index (χ3v) is 4.70. The molecule has 1 aliphatic carbocycles. The van der Waals surface area contributed by atoms with Crippen molar-refractivity contribution in [2.24, 2.45) is 4.99 Å². The number of benzene rings is 3. The minimum Gasteiger partial charge on any atom is -0.502 e. The number of phenols is 1. The second-order valence-corrected chi connectivity index (χ2v) is 6.40. The van der Waals surface area contributed by atoms with E-state index in [0.717, 1.165) is 30.0 Å². The molecule has 0 unspecified atom stereocenters. The van der Waals surface area contributed by atoms with Crippen molar-refractivity contribution in [1.82, 2.24) is 0 Å². The largest absolute Gasteiger partial charge is 0.502 e. The normalized spacial score (nSPS) is 13.0. The number of rotatable bonds is 3. The molecule has 0 atom stereocenters. The van der Waals surface area contributed by atoms with Gasteiger partial charge in [0.25, 0.3) is 0 Å². The first kappa shape index (κ1) is 15.6. The quantitative estimate of drug-likeness (QED) is 0.411. The molecule has 0 saturated carbocycles. The van der Waals surface area contributed by atoms with Crippen LogP contribution in [-0.2, 0) is 12.8 Å². The summed E-state index contributed by atoms with van der Waals surface area (Å²) >= 11 is 5.92. The molecular weight excluding hydrogens is 340 g/mol. The van der Waals surface area contributed by atoms with Crippen LogP contribution in [0, 0.1) is 10.1 Å². The average molecular weight is 353 g/mol. The minimum atomic E-state index is -0.669. The van der Waals surface area contributed by atoms with Crippen LogP contribution in [0.25, 0.3) is 10.8 Å². The van der Waals surface area contributed by atoms with Crippen molar-refractivity contribution < 1.29 is 10.0 Å². The lowest BCUT2D eigenvalue weighted by molar-refractivity contribution is -0.385. The number of aromatic hydroxyl groups is 1. The summed E-state index contributed by atoms with van der Waals surface area (Å²) in [6, 6.07) is 12.7. The monoisotopic (exact) mass is 352 g/mol. The van der Waals surface area contributed by atoms with Crippen LogP contribution in [0.3, 0.4) is 0 Å². The zero-order chi connectivity index (χ0) is 17.6. The number of aliphatic imine (C=N–C) groups is 1. The maximum atomic E-state index is 11.0. The molecule has 0 radical (unpaired) electrons. The standard InChI is InChI=1S/C19H13ClN2O3/c20-14-8-13(19(23)17(9-14)22(24)25)10-21-16-7-6-12-5-4-11-2-1-3-15(16)18(11)12/h1-3,6-10,23H,4-5H2. The average Bonchev–Trinajstić information content (AvgIpc) is 3.01. The smallest absolute Gasteiger partial charge is 0.312 e. The molecule has 0 heterocycles. The Labute approximate surface area is 148 Å². The summed E-state index contributed by atoms with van der Waals surface area (Å²) in [5, 5.41) is 23.5. The molecule has 3 aromatic carbocycles. The van der Waals surface area contributed by atoms with Gasteiger partial charge in [-0.25, -0.2) is 0 Å². The Morgan fingerprint density at radius 3 is 2.68 bits per heavy atom. The lowest BCUT2D eigenvalue weighted by Gasteiger charge is -2.06. The number of hydrogen-bond donors (Lipinski definition) is 1. The molecule has 4 rings (SSSR count). The molecule has 1 aliphatic rings. The summed E-state index contributed by atoms with van der Waals surface area (Å²) in [4.78, 5) is 14.8. The van der Waals surface area contributed by atoms with Crippen LogP contribution in [-0.4, -0.2) is 16.2 Å². The fourth-order valence-corrected chi connectivity index (χ4v) is 3.55. The highest BCUT2D eigenvalue weighted by atomic mass is 35.5. The number of aryl methyl sites for hydroxylation is 2. The summed E-state index contributed by atoms with van der Waals surface area (Å²) in [7, 11) is 0. The molecule has 0 aromatic heterocycles. The summed E-state index contributed by atoms with van der Waals surface area (Å²) in [5.41, 5.74) is 3.15. The molecule has 1 N–H and O–H groups in total. The van der Waals surface area contributed by atoms with E-state index in [1.807, 2.05) is 18.2 Å². The van der Waals surface area contributed by atoms with Gasteiger partial charge in [0, 0.05) is 28.3 Å². The van der Waals surface area contributed by atoms with Gasteiger partial charge in [0.15, 0.2) is 0 Å². The minimum absolute atomic E-state index is 0.173. The molecule has 124 valence electrons. The lowest BCUT2D eigenvalue weighted by atomic mass is 10.0. The van der Waals surface area contributed by atoms with Gasteiger partial charge in [-0.2, -0.15) is 0 Å². The zero-order valence-electron chi connectivity index (χ0n) is 13.1. The van der Waals surface area contributed by atoms with Crippen LogP contribution >= 0.6 is 11.6 Å². The highest BCUT2D eigenvalue weighted by molar-refractivity contribution is 6.31. The van der Waals surface area contributed by atoms with Crippen molar-refractivity contribution in [3.63, 3.8) is 0 Å². The molecule has 0 spiro atoms. The van der Waals surface area contributed by atoms with Crippen LogP contribution in [0.1, 0.15) is 16.7 Å². The van der Waals surface area contributed by atoms with Gasteiger partial charge < -0.3 is 5.11 Å². The van der Waals surface area contributed by atoms with E-state index in [1.165, 1.54) is 28.8 Å². The molecular formula is C19H13ClN2O3. The Morgan fingerprint density at radius 1 is 1.16 bits per heavy atom. The fourth-order valence-electron chi connectivity index (χ4n) is 3.33. The van der Waals surface area contributed by atoms with Gasteiger partial charge in [0.05, 0.1) is 10.6 Å². The molecule has 0 aliphatic heterocycles. The van der Waals surface area contributed by atoms with E-state index in [-0.39, 0.29) is 10.6 Å². The Balaban J connectivity index is 1.82. The molecule has 5 nitrogen and oxygen atoms in total. The zero-order valence-corrected chi connectivity index (χ0v) is 13.8. The topological polar surface area (TPSA) is 75.7 Å². The number of halogens is 1. The Hall–Kier alpha value is -2.92. The molecule has 0 amide bonds. The van der Waals surface area contributed by atoms with Gasteiger partial charge in [-0.05, 0) is 41.5 Å². The molecule has 6 heteroatoms. The molecule has 3 aromatic rings. The molecule has 0 bridgehead atoms. The number of nitro groups is 1. The first-order chi connectivity index (χ1) is 12.0. The lowest BCUT2D eigenvalue weighted by Crippen LogP contribution is -1.92. The van der Waals surface area contributed by atoms with Crippen molar-refractivity contribution in [1.29, 1.82) is 0 Å². The summed E-state index contributed by atoms with van der Waals surface area (Å²) < 4.78 is 0. The van der Waals surface area contributed by atoms with Gasteiger partial charge >= 0.3 is 5.69 Å². The molecule has 25 heavy (non-hydrogen) atoms. The first-order valence-corrected chi connectivity index (χ1v) is 8.17. The van der Waals surface area contributed by atoms with Crippen molar-refractivity contribution >= 4 is 40.0 Å². The van der Waals surface area contributed by atoms with Crippen molar-refractivity contribution in [2.45, 2.75) is 12.8 Å². The fraction of sp³-hybridized carbons (Fsp3) is 0.105. The predicted molar refractivity (Wildman–Crippen MR) is 98.4 cm³/mol. The SMILES string of the molecule is O=[N+]([O-])c1cc(Cl)cc(C=Nc2ccc3c4c(cccc24)CC3)c1O. The number of nitro benzene ring substituents is 1. The predicted octanol–water partition coefficient (Wildman–Crippen LogP) is 4.96. The highest BCUT2D eigenvalue weighted by Crippen LogP contribution is 2.37. The van der Waals surface area contributed by atoms with E-state index in [9.17, 15) is 15.2 Å². The van der Waals surface area contributed by atoms with Crippen LogP contribution in [0.5, 0.6) is 5.75 Å². The summed E-state index contributed by atoms with van der Waals surface area (Å²) in [6.45, 7) is 0. The van der Waals surface area contributed by atoms with Crippen LogP contribution in [0.4, 0.5) is 11.4 Å². The van der Waals surface area contributed by atoms with Gasteiger partial charge in [0.2, 0.25) is 5.75 Å². The number of hydrogen-bond acceptors (Lipinski definition) is 4. The maximum absolute atomic E-state index is 11.0. The summed E-state index contributed by atoms with van der Waals surface area (Å²) in [5.74, 6) is -0.441. The van der Waals surface area contributed by atoms with Crippen LogP contribution < -0.4 is 0 Å². The van der Waals surface area contributed by atoms with Crippen LogP contribution in [0.15, 0.2) is 47.5 Å². The van der Waals surface area contributed by atoms with E-state index in [1.54, 1.807) is 0 Å². The van der Waals surface area contributed by atoms with Crippen LogP contribution in [0.2, 0.25) is 5.02 Å². The Bertz CT molecular complexity index is 1050. The second kappa shape index (κ2) is 5.86. The molecule has 0 fully saturated rings. The third kappa shape index (κ3) is 2.62. The highest BCUT2D eigenvalue weighted by Gasteiger charge is 2.18. The Kier molecular flexibility index (Phi) is 3.66. The van der Waals surface area contributed by atoms with Crippen molar-refractivity contribution in [3.8, 4) is 5.75 Å². The van der Waals surface area contributed by atoms with Gasteiger partial charge in [-0.15, -0.1) is 0 Å². The van der Waals surface area contributed by atoms with E-state index in [2.05, 4.69) is 17.1 Å². The number of phenolic OH excluding ortho intramolecular Hbond substituents is 1. The second-order valence-electron chi connectivity index (χ2n) is 5.96. The van der Waals surface area contributed by atoms with E-state index < -0.39 is 16.4 Å². The maximum Gasteiger partial charge on any atom is 0.312 e. The summed E-state index contributed by atoms with van der Waals surface area (Å²) in [6.07, 6.45) is 3.47. The molecule has 0 saturated heterocycles. The van der Waals surface area contributed by atoms with Gasteiger partial charge in [-0.3, -0.25) is 15.1 Å².